The van der Waals surface area contributed by atoms with Crippen molar-refractivity contribution in [1.82, 2.24) is 10.2 Å². The number of amides is 2. The predicted molar refractivity (Wildman–Crippen MR) is 114 cm³/mol. The summed E-state index contributed by atoms with van der Waals surface area (Å²) in [6.45, 7) is 6.55. The number of hydrogen-bond acceptors (Lipinski definition) is 5. The summed E-state index contributed by atoms with van der Waals surface area (Å²) < 4.78 is 25.7. The maximum absolute atomic E-state index is 13.0. The zero-order valence-electron chi connectivity index (χ0n) is 16.4. The maximum atomic E-state index is 13.0. The number of benzene rings is 1. The number of hydrogen-bond donors (Lipinski definition) is 3. The van der Waals surface area contributed by atoms with Crippen LogP contribution in [0.3, 0.4) is 0 Å². The van der Waals surface area contributed by atoms with Crippen LogP contribution >= 0.6 is 12.4 Å². The van der Waals surface area contributed by atoms with Crippen LogP contribution in [0.25, 0.3) is 0 Å². The molecule has 0 bridgehead atoms. The highest BCUT2D eigenvalue weighted by Gasteiger charge is 2.26. The highest BCUT2D eigenvalue weighted by molar-refractivity contribution is 7.92. The van der Waals surface area contributed by atoms with E-state index in [4.69, 9.17) is 0 Å². The van der Waals surface area contributed by atoms with Gasteiger partial charge in [0, 0.05) is 25.7 Å². The largest absolute Gasteiger partial charge is 0.339 e. The van der Waals surface area contributed by atoms with Gasteiger partial charge in [-0.15, -0.1) is 12.4 Å². The van der Waals surface area contributed by atoms with Gasteiger partial charge in [-0.3, -0.25) is 14.3 Å². The highest BCUT2D eigenvalue weighted by atomic mass is 35.5. The second kappa shape index (κ2) is 10.6. The number of sulfonamides is 1. The van der Waals surface area contributed by atoms with Crippen LogP contribution < -0.4 is 15.4 Å². The molecule has 1 aromatic carbocycles. The number of nitrogens with one attached hydrogen (secondary N) is 3. The third-order valence-electron chi connectivity index (χ3n) is 4.45. The lowest BCUT2D eigenvalue weighted by molar-refractivity contribution is -0.114. The Labute approximate surface area is 172 Å². The lowest BCUT2D eigenvalue weighted by Gasteiger charge is -2.32. The van der Waals surface area contributed by atoms with E-state index in [0.717, 1.165) is 32.2 Å². The van der Waals surface area contributed by atoms with Gasteiger partial charge in [-0.25, -0.2) is 8.42 Å². The molecular formula is C18H29ClN4O4S. The molecule has 0 unspecified atom stereocenters. The standard InChI is InChI=1S/C18H28N4O4S.ClH/c1-4-19-12-14-7-9-22(10-8-14)18(24)16-11-15(20-13(2)23)5-6-17(16)21-27(3,25)26;/h5-6,11,14,19,21H,4,7-10,12H2,1-3H3,(H,20,23);1H. The van der Waals surface area contributed by atoms with E-state index >= 15 is 0 Å². The molecule has 1 aliphatic rings. The Morgan fingerprint density at radius 3 is 2.39 bits per heavy atom. The van der Waals surface area contributed by atoms with Crippen molar-refractivity contribution in [1.29, 1.82) is 0 Å². The van der Waals surface area contributed by atoms with Crippen LogP contribution in [0.5, 0.6) is 0 Å². The fourth-order valence-electron chi connectivity index (χ4n) is 3.15. The summed E-state index contributed by atoms with van der Waals surface area (Å²) >= 11 is 0. The average molecular weight is 433 g/mol. The average Bonchev–Trinajstić information content (AvgIpc) is 2.59. The van der Waals surface area contributed by atoms with E-state index in [1.807, 2.05) is 0 Å². The number of piperidine rings is 1. The second-order valence-corrected chi connectivity index (χ2v) is 8.61. The van der Waals surface area contributed by atoms with E-state index in [9.17, 15) is 18.0 Å². The van der Waals surface area contributed by atoms with Crippen molar-refractivity contribution in [3.8, 4) is 0 Å². The van der Waals surface area contributed by atoms with E-state index in [1.165, 1.54) is 19.1 Å². The van der Waals surface area contributed by atoms with Gasteiger partial charge in [-0.05, 0) is 50.0 Å². The molecule has 3 N–H and O–H groups in total. The molecule has 0 aromatic heterocycles. The van der Waals surface area contributed by atoms with Crippen molar-refractivity contribution >= 4 is 45.6 Å². The van der Waals surface area contributed by atoms with Crippen LogP contribution in [0, 0.1) is 5.92 Å². The molecule has 8 nitrogen and oxygen atoms in total. The van der Waals surface area contributed by atoms with Gasteiger partial charge in [0.2, 0.25) is 15.9 Å². The molecule has 2 amide bonds. The number of carbonyl (C=O) groups is 2. The molecule has 0 aliphatic carbocycles. The van der Waals surface area contributed by atoms with Crippen LogP contribution in [-0.4, -0.2) is 57.6 Å². The molecule has 0 atom stereocenters. The third-order valence-corrected chi connectivity index (χ3v) is 5.04. The minimum Gasteiger partial charge on any atom is -0.339 e. The van der Waals surface area contributed by atoms with Crippen molar-refractivity contribution < 1.29 is 18.0 Å². The molecule has 158 valence electrons. The zero-order valence-corrected chi connectivity index (χ0v) is 18.1. The van der Waals surface area contributed by atoms with E-state index < -0.39 is 10.0 Å². The summed E-state index contributed by atoms with van der Waals surface area (Å²) in [4.78, 5) is 26.1. The molecule has 1 fully saturated rings. The Kier molecular flexibility index (Phi) is 9.19. The highest BCUT2D eigenvalue weighted by Crippen LogP contribution is 2.26. The van der Waals surface area contributed by atoms with Crippen molar-refractivity contribution in [2.75, 3.05) is 42.5 Å². The van der Waals surface area contributed by atoms with E-state index in [1.54, 1.807) is 11.0 Å². The first-order chi connectivity index (χ1) is 12.7. The zero-order chi connectivity index (χ0) is 20.0. The Hall–Kier alpha value is -1.84. The fourth-order valence-corrected chi connectivity index (χ4v) is 3.73. The van der Waals surface area contributed by atoms with Crippen LogP contribution in [0.1, 0.15) is 37.0 Å². The Morgan fingerprint density at radius 1 is 1.21 bits per heavy atom. The molecule has 2 rings (SSSR count). The summed E-state index contributed by atoms with van der Waals surface area (Å²) in [5.41, 5.74) is 0.898. The summed E-state index contributed by atoms with van der Waals surface area (Å²) in [5, 5.41) is 5.96. The molecule has 0 radical (unpaired) electrons. The summed E-state index contributed by atoms with van der Waals surface area (Å²) in [6, 6.07) is 4.58. The number of likely N-dealkylation sites (tertiary alicyclic amines) is 1. The van der Waals surface area contributed by atoms with E-state index in [0.29, 0.717) is 24.7 Å². The van der Waals surface area contributed by atoms with Crippen molar-refractivity contribution in [2.45, 2.75) is 26.7 Å². The summed E-state index contributed by atoms with van der Waals surface area (Å²) in [5.74, 6) is 0.0324. The Morgan fingerprint density at radius 2 is 1.86 bits per heavy atom. The van der Waals surface area contributed by atoms with Crippen molar-refractivity contribution in [3.05, 3.63) is 23.8 Å². The van der Waals surface area contributed by atoms with Gasteiger partial charge in [0.15, 0.2) is 0 Å². The predicted octanol–water partition coefficient (Wildman–Crippen LogP) is 1.90. The fraction of sp³-hybridized carbons (Fsp3) is 0.556. The molecule has 10 heteroatoms. The number of anilines is 2. The van der Waals surface area contributed by atoms with E-state index in [-0.39, 0.29) is 35.5 Å². The quantitative estimate of drug-likeness (QED) is 0.609. The maximum Gasteiger partial charge on any atom is 0.256 e. The second-order valence-electron chi connectivity index (χ2n) is 6.86. The van der Waals surface area contributed by atoms with Gasteiger partial charge in [-0.2, -0.15) is 0 Å². The molecular weight excluding hydrogens is 404 g/mol. The van der Waals surface area contributed by atoms with Crippen LogP contribution in [0.15, 0.2) is 18.2 Å². The monoisotopic (exact) mass is 432 g/mol. The molecule has 0 saturated carbocycles. The third kappa shape index (κ3) is 7.29. The number of nitrogens with zero attached hydrogens (tertiary/aromatic N) is 1. The number of rotatable bonds is 7. The molecule has 28 heavy (non-hydrogen) atoms. The minimum atomic E-state index is -3.54. The topological polar surface area (TPSA) is 108 Å². The lowest BCUT2D eigenvalue weighted by Crippen LogP contribution is -2.41. The lowest BCUT2D eigenvalue weighted by atomic mass is 9.96. The Balaban J connectivity index is 0.00000392. The Bertz CT molecular complexity index is 793. The van der Waals surface area contributed by atoms with Gasteiger partial charge in [0.05, 0.1) is 17.5 Å². The van der Waals surface area contributed by atoms with Crippen LogP contribution in [0.2, 0.25) is 0 Å². The summed E-state index contributed by atoms with van der Waals surface area (Å²) in [7, 11) is -3.54. The van der Waals surface area contributed by atoms with E-state index in [2.05, 4.69) is 22.3 Å². The smallest absolute Gasteiger partial charge is 0.256 e. The van der Waals surface area contributed by atoms with Crippen molar-refractivity contribution in [3.63, 3.8) is 0 Å². The number of carbonyl (C=O) groups excluding carboxylic acids is 2. The molecule has 1 aliphatic heterocycles. The van der Waals surface area contributed by atoms with Gasteiger partial charge < -0.3 is 15.5 Å². The molecule has 1 aromatic rings. The van der Waals surface area contributed by atoms with Crippen molar-refractivity contribution in [2.24, 2.45) is 5.92 Å². The molecule has 1 saturated heterocycles. The SMILES string of the molecule is CCNCC1CCN(C(=O)c2cc(NC(C)=O)ccc2NS(C)(=O)=O)CC1.Cl. The normalized spacial score (nSPS) is 14.9. The van der Waals surface area contributed by atoms with Gasteiger partial charge in [0.25, 0.3) is 5.91 Å². The molecule has 0 spiro atoms. The first-order valence-electron chi connectivity index (χ1n) is 9.09. The minimum absolute atomic E-state index is 0. The van der Waals surface area contributed by atoms with Crippen LogP contribution in [-0.2, 0) is 14.8 Å². The first kappa shape index (κ1) is 24.2. The van der Waals surface area contributed by atoms with Crippen LogP contribution in [0.4, 0.5) is 11.4 Å². The molecule has 1 heterocycles. The first-order valence-corrected chi connectivity index (χ1v) is 11.0. The van der Waals surface area contributed by atoms with Gasteiger partial charge in [0.1, 0.15) is 0 Å². The van der Waals surface area contributed by atoms with Gasteiger partial charge in [-0.1, -0.05) is 6.92 Å². The summed E-state index contributed by atoms with van der Waals surface area (Å²) in [6.07, 6.45) is 2.84. The number of halogens is 1. The van der Waals surface area contributed by atoms with Gasteiger partial charge >= 0.3 is 0 Å².